The molecule has 0 fully saturated rings. The van der Waals surface area contributed by atoms with E-state index in [1.165, 1.54) is 18.2 Å². The van der Waals surface area contributed by atoms with Crippen molar-refractivity contribution in [1.29, 1.82) is 0 Å². The largest absolute Gasteiger partial charge is 0.469 e. The molecule has 0 atom stereocenters. The van der Waals surface area contributed by atoms with Crippen molar-refractivity contribution < 1.29 is 9.53 Å². The molecule has 0 aliphatic heterocycles. The number of benzene rings is 1. The number of hydrogen-bond donors (Lipinski definition) is 0. The van der Waals surface area contributed by atoms with Crippen molar-refractivity contribution in [2.75, 3.05) is 7.11 Å². The van der Waals surface area contributed by atoms with Crippen LogP contribution in [0.1, 0.15) is 16.0 Å². The molecule has 1 heterocycles. The van der Waals surface area contributed by atoms with Gasteiger partial charge in [-0.05, 0) is 29.0 Å². The Labute approximate surface area is 105 Å². The van der Waals surface area contributed by atoms with E-state index < -0.39 is 0 Å². The van der Waals surface area contributed by atoms with Crippen LogP contribution in [0.5, 0.6) is 0 Å². The van der Waals surface area contributed by atoms with Gasteiger partial charge < -0.3 is 4.74 Å². The van der Waals surface area contributed by atoms with Crippen molar-refractivity contribution in [2.45, 2.75) is 12.8 Å². The number of rotatable bonds is 4. The first kappa shape index (κ1) is 11.9. The molecule has 0 bridgehead atoms. The number of hydrogen-bond acceptors (Lipinski definition) is 3. The minimum atomic E-state index is -0.182. The molecule has 1 aromatic carbocycles. The van der Waals surface area contributed by atoms with Gasteiger partial charge in [-0.2, -0.15) is 0 Å². The standard InChI is InChI=1S/C14H14O2S/c1-16-14(15)9-13-8-12(10-17-13)7-11-5-3-2-4-6-11/h2-6,8,10H,7,9H2,1H3. The predicted molar refractivity (Wildman–Crippen MR) is 69.3 cm³/mol. The molecule has 0 N–H and O–H groups in total. The van der Waals surface area contributed by atoms with Crippen molar-refractivity contribution in [1.82, 2.24) is 0 Å². The van der Waals surface area contributed by atoms with E-state index in [0.29, 0.717) is 6.42 Å². The first-order valence-electron chi connectivity index (χ1n) is 5.45. The molecule has 2 rings (SSSR count). The first-order chi connectivity index (χ1) is 8.28. The summed E-state index contributed by atoms with van der Waals surface area (Å²) < 4.78 is 4.65. The summed E-state index contributed by atoms with van der Waals surface area (Å²) in [5.41, 5.74) is 2.54. The van der Waals surface area contributed by atoms with E-state index in [1.807, 2.05) is 18.2 Å². The normalized spacial score (nSPS) is 10.2. The Bertz CT molecular complexity index is 488. The molecule has 0 unspecified atom stereocenters. The van der Waals surface area contributed by atoms with Crippen LogP contribution >= 0.6 is 11.3 Å². The van der Waals surface area contributed by atoms with E-state index in [4.69, 9.17) is 0 Å². The van der Waals surface area contributed by atoms with Crippen molar-refractivity contribution in [3.8, 4) is 0 Å². The van der Waals surface area contributed by atoms with Crippen LogP contribution < -0.4 is 0 Å². The molecule has 0 aliphatic rings. The van der Waals surface area contributed by atoms with Gasteiger partial charge in [0.25, 0.3) is 0 Å². The minimum absolute atomic E-state index is 0.182. The molecule has 0 aliphatic carbocycles. The second-order valence-electron chi connectivity index (χ2n) is 3.84. The molecular weight excluding hydrogens is 232 g/mol. The van der Waals surface area contributed by atoms with E-state index in [2.05, 4.69) is 28.3 Å². The van der Waals surface area contributed by atoms with E-state index in [1.54, 1.807) is 11.3 Å². The van der Waals surface area contributed by atoms with Gasteiger partial charge in [-0.3, -0.25) is 4.79 Å². The van der Waals surface area contributed by atoms with Crippen molar-refractivity contribution >= 4 is 17.3 Å². The van der Waals surface area contributed by atoms with Gasteiger partial charge in [-0.1, -0.05) is 30.3 Å². The molecular formula is C14H14O2S. The van der Waals surface area contributed by atoms with Gasteiger partial charge in [-0.15, -0.1) is 11.3 Å². The number of esters is 1. The summed E-state index contributed by atoms with van der Waals surface area (Å²) in [6.07, 6.45) is 1.29. The summed E-state index contributed by atoms with van der Waals surface area (Å²) in [4.78, 5) is 12.2. The maximum absolute atomic E-state index is 11.1. The molecule has 0 saturated heterocycles. The summed E-state index contributed by atoms with van der Waals surface area (Å²) in [6.45, 7) is 0. The lowest BCUT2D eigenvalue weighted by molar-refractivity contribution is -0.139. The molecule has 0 amide bonds. The molecule has 2 aromatic rings. The van der Waals surface area contributed by atoms with E-state index in [-0.39, 0.29) is 5.97 Å². The van der Waals surface area contributed by atoms with Crippen LogP contribution in [-0.2, 0) is 22.4 Å². The molecule has 0 saturated carbocycles. The third kappa shape index (κ3) is 3.43. The Hall–Kier alpha value is -1.61. The number of thiophene rings is 1. The maximum Gasteiger partial charge on any atom is 0.310 e. The summed E-state index contributed by atoms with van der Waals surface area (Å²) >= 11 is 1.61. The fourth-order valence-corrected chi connectivity index (χ4v) is 2.53. The highest BCUT2D eigenvalue weighted by Crippen LogP contribution is 2.18. The number of methoxy groups -OCH3 is 1. The fourth-order valence-electron chi connectivity index (χ4n) is 1.66. The third-order valence-corrected chi connectivity index (χ3v) is 3.49. The minimum Gasteiger partial charge on any atom is -0.469 e. The summed E-state index contributed by atoms with van der Waals surface area (Å²) in [6, 6.07) is 12.4. The SMILES string of the molecule is COC(=O)Cc1cc(Cc2ccccc2)cs1. The molecule has 0 radical (unpaired) electrons. The van der Waals surface area contributed by atoms with E-state index in [9.17, 15) is 4.79 Å². The smallest absolute Gasteiger partial charge is 0.310 e. The lowest BCUT2D eigenvalue weighted by Crippen LogP contribution is -2.02. The van der Waals surface area contributed by atoms with Gasteiger partial charge in [0.1, 0.15) is 0 Å². The Balaban J connectivity index is 2.01. The van der Waals surface area contributed by atoms with Gasteiger partial charge in [0, 0.05) is 4.88 Å². The molecule has 0 spiro atoms. The van der Waals surface area contributed by atoms with Gasteiger partial charge >= 0.3 is 5.97 Å². The topological polar surface area (TPSA) is 26.3 Å². The predicted octanol–water partition coefficient (Wildman–Crippen LogP) is 3.05. The van der Waals surface area contributed by atoms with Gasteiger partial charge in [0.05, 0.1) is 13.5 Å². The van der Waals surface area contributed by atoms with Crippen LogP contribution in [0.15, 0.2) is 41.8 Å². The van der Waals surface area contributed by atoms with Crippen LogP contribution in [0.2, 0.25) is 0 Å². The van der Waals surface area contributed by atoms with E-state index >= 15 is 0 Å². The molecule has 2 nitrogen and oxygen atoms in total. The van der Waals surface area contributed by atoms with Crippen LogP contribution in [0.25, 0.3) is 0 Å². The van der Waals surface area contributed by atoms with Crippen molar-refractivity contribution in [2.24, 2.45) is 0 Å². The first-order valence-corrected chi connectivity index (χ1v) is 6.33. The number of ether oxygens (including phenoxy) is 1. The molecule has 3 heteroatoms. The second-order valence-corrected chi connectivity index (χ2v) is 4.83. The monoisotopic (exact) mass is 246 g/mol. The fraction of sp³-hybridized carbons (Fsp3) is 0.214. The van der Waals surface area contributed by atoms with Gasteiger partial charge in [0.2, 0.25) is 0 Å². The molecule has 88 valence electrons. The number of carbonyl (C=O) groups excluding carboxylic acids is 1. The highest BCUT2D eigenvalue weighted by molar-refractivity contribution is 7.10. The number of carbonyl (C=O) groups is 1. The zero-order valence-electron chi connectivity index (χ0n) is 9.68. The van der Waals surface area contributed by atoms with Crippen LogP contribution in [0.4, 0.5) is 0 Å². The Kier molecular flexibility index (Phi) is 3.94. The lowest BCUT2D eigenvalue weighted by atomic mass is 10.1. The van der Waals surface area contributed by atoms with Crippen molar-refractivity contribution in [3.05, 3.63) is 57.8 Å². The zero-order valence-corrected chi connectivity index (χ0v) is 10.5. The molecule has 17 heavy (non-hydrogen) atoms. The van der Waals surface area contributed by atoms with Crippen LogP contribution in [0, 0.1) is 0 Å². The Morgan fingerprint density at radius 3 is 2.71 bits per heavy atom. The Morgan fingerprint density at radius 2 is 2.00 bits per heavy atom. The second kappa shape index (κ2) is 5.64. The summed E-state index contributed by atoms with van der Waals surface area (Å²) in [5.74, 6) is -0.182. The van der Waals surface area contributed by atoms with E-state index in [0.717, 1.165) is 11.3 Å². The van der Waals surface area contributed by atoms with Crippen LogP contribution in [-0.4, -0.2) is 13.1 Å². The maximum atomic E-state index is 11.1. The van der Waals surface area contributed by atoms with Crippen molar-refractivity contribution in [3.63, 3.8) is 0 Å². The third-order valence-electron chi connectivity index (χ3n) is 2.51. The lowest BCUT2D eigenvalue weighted by Gasteiger charge is -1.97. The quantitative estimate of drug-likeness (QED) is 0.775. The van der Waals surface area contributed by atoms with Crippen LogP contribution in [0.3, 0.4) is 0 Å². The highest BCUT2D eigenvalue weighted by Gasteiger charge is 2.06. The molecule has 1 aromatic heterocycles. The summed E-state index contributed by atoms with van der Waals surface area (Å²) in [5, 5.41) is 2.10. The highest BCUT2D eigenvalue weighted by atomic mass is 32.1. The average molecular weight is 246 g/mol. The van der Waals surface area contributed by atoms with Gasteiger partial charge in [0.15, 0.2) is 0 Å². The summed E-state index contributed by atoms with van der Waals surface area (Å²) in [7, 11) is 1.42. The Morgan fingerprint density at radius 1 is 1.24 bits per heavy atom. The average Bonchev–Trinajstić information content (AvgIpc) is 2.77. The van der Waals surface area contributed by atoms with Gasteiger partial charge in [-0.25, -0.2) is 0 Å². The zero-order chi connectivity index (χ0) is 12.1.